The van der Waals surface area contributed by atoms with Gasteiger partial charge in [-0.05, 0) is 35.9 Å². The fraction of sp³-hybridized carbons (Fsp3) is 0.111. The number of phenolic OH excluding ortho intramolecular Hbond substituents is 1. The number of furan rings is 1. The first-order valence-electron chi connectivity index (χ1n) is 7.44. The Hall–Kier alpha value is -2.77. The number of thiazole rings is 1. The second-order valence-electron chi connectivity index (χ2n) is 5.35. The van der Waals surface area contributed by atoms with Crippen LogP contribution in [0.1, 0.15) is 16.1 Å². The fourth-order valence-electron chi connectivity index (χ4n) is 2.29. The average Bonchev–Trinajstić information content (AvgIpc) is 3.23. The fourth-order valence-corrected chi connectivity index (χ4v) is 3.54. The van der Waals surface area contributed by atoms with Gasteiger partial charge in [-0.3, -0.25) is 9.59 Å². The van der Waals surface area contributed by atoms with E-state index in [1.807, 2.05) is 0 Å². The molecule has 1 aromatic carbocycles. The molecule has 3 aromatic rings. The van der Waals surface area contributed by atoms with Crippen LogP contribution in [-0.4, -0.2) is 22.6 Å². The number of hydrogen-bond acceptors (Lipinski definition) is 6. The quantitative estimate of drug-likeness (QED) is 0.687. The molecule has 0 bridgehead atoms. The molecule has 0 unspecified atom stereocenters. The number of methoxy groups -OCH3 is 1. The molecule has 1 N–H and O–H groups in total. The van der Waals surface area contributed by atoms with Gasteiger partial charge in [0.25, 0.3) is 5.56 Å². The summed E-state index contributed by atoms with van der Waals surface area (Å²) in [5.74, 6) is -0.0837. The van der Waals surface area contributed by atoms with Crippen molar-refractivity contribution in [2.75, 3.05) is 7.11 Å². The van der Waals surface area contributed by atoms with E-state index in [9.17, 15) is 14.7 Å². The number of carbonyl (C=O) groups is 1. The molecular weight excluding hydrogens is 378 g/mol. The number of carbonyl (C=O) groups excluding carboxylic acids is 1. The predicted octanol–water partition coefficient (Wildman–Crippen LogP) is 1.90. The predicted molar refractivity (Wildman–Crippen MR) is 99.5 cm³/mol. The number of ether oxygens (including phenoxy) is 1. The molecule has 2 heterocycles. The van der Waals surface area contributed by atoms with Crippen molar-refractivity contribution in [3.8, 4) is 11.5 Å². The third-order valence-electron chi connectivity index (χ3n) is 3.65. The molecule has 0 amide bonds. The van der Waals surface area contributed by atoms with Crippen LogP contribution < -0.4 is 19.5 Å². The molecule has 8 heteroatoms. The van der Waals surface area contributed by atoms with Gasteiger partial charge >= 0.3 is 0 Å². The van der Waals surface area contributed by atoms with Gasteiger partial charge in [-0.15, -0.1) is 11.3 Å². The number of ketones is 1. The van der Waals surface area contributed by atoms with Crippen LogP contribution in [0.25, 0.3) is 12.2 Å². The average molecular weight is 392 g/mol. The molecule has 26 heavy (non-hydrogen) atoms. The van der Waals surface area contributed by atoms with Crippen LogP contribution in [0.4, 0.5) is 0 Å². The molecule has 0 aliphatic heterocycles. The second-order valence-corrected chi connectivity index (χ2v) is 6.82. The molecule has 0 spiro atoms. The van der Waals surface area contributed by atoms with Crippen LogP contribution in [0.15, 0.2) is 39.7 Å². The normalized spacial score (nSPS) is 12.6. The Labute approximate surface area is 156 Å². The lowest BCUT2D eigenvalue weighted by Gasteiger charge is -2.05. The van der Waals surface area contributed by atoms with Crippen molar-refractivity contribution in [2.24, 2.45) is 7.05 Å². The van der Waals surface area contributed by atoms with Gasteiger partial charge in [-0.1, -0.05) is 11.6 Å². The highest BCUT2D eigenvalue weighted by atomic mass is 35.5. The summed E-state index contributed by atoms with van der Waals surface area (Å²) in [5, 5.41) is 9.91. The number of aromatic nitrogens is 1. The van der Waals surface area contributed by atoms with Crippen molar-refractivity contribution >= 4 is 40.9 Å². The van der Waals surface area contributed by atoms with Gasteiger partial charge in [0, 0.05) is 13.1 Å². The molecule has 0 saturated heterocycles. The van der Waals surface area contributed by atoms with E-state index >= 15 is 0 Å². The molecule has 6 nitrogen and oxygen atoms in total. The van der Waals surface area contributed by atoms with Gasteiger partial charge in [0.05, 0.1) is 22.9 Å². The summed E-state index contributed by atoms with van der Waals surface area (Å²) >= 11 is 7.14. The lowest BCUT2D eigenvalue weighted by atomic mass is 10.2. The third kappa shape index (κ3) is 3.44. The first-order chi connectivity index (χ1) is 12.4. The Balaban J connectivity index is 2.11. The van der Waals surface area contributed by atoms with Gasteiger partial charge in [0.1, 0.15) is 4.66 Å². The van der Waals surface area contributed by atoms with Crippen molar-refractivity contribution in [2.45, 2.75) is 0 Å². The molecule has 0 saturated carbocycles. The summed E-state index contributed by atoms with van der Waals surface area (Å²) in [6, 6.07) is 6.27. The maximum Gasteiger partial charge on any atom is 0.268 e. The number of phenols is 1. The number of benzene rings is 1. The van der Waals surface area contributed by atoms with Crippen molar-refractivity contribution in [1.82, 2.24) is 4.57 Å². The smallest absolute Gasteiger partial charge is 0.268 e. The summed E-state index contributed by atoms with van der Waals surface area (Å²) in [6.45, 7) is 0. The highest BCUT2D eigenvalue weighted by Gasteiger charge is 2.10. The standard InChI is InChI=1S/C18H14ClNO5S/c1-20-16(9-12(21)13-4-3-5-25-13)26-15(18(20)23)8-10-6-11(19)17(22)14(7-10)24-2/h3-9,22H,1-2H3/b15-8-,16-9-. The van der Waals surface area contributed by atoms with Crippen LogP contribution in [-0.2, 0) is 7.05 Å². The van der Waals surface area contributed by atoms with E-state index in [1.165, 1.54) is 30.1 Å². The maximum absolute atomic E-state index is 12.4. The Morgan fingerprint density at radius 3 is 2.85 bits per heavy atom. The molecule has 134 valence electrons. The second kappa shape index (κ2) is 7.23. The van der Waals surface area contributed by atoms with E-state index in [-0.39, 0.29) is 33.6 Å². The number of hydrogen-bond donors (Lipinski definition) is 1. The van der Waals surface area contributed by atoms with Gasteiger partial charge < -0.3 is 18.8 Å². The summed E-state index contributed by atoms with van der Waals surface area (Å²) < 4.78 is 12.4. The Morgan fingerprint density at radius 2 is 2.19 bits per heavy atom. The van der Waals surface area contributed by atoms with Crippen LogP contribution >= 0.6 is 22.9 Å². The van der Waals surface area contributed by atoms with E-state index in [4.69, 9.17) is 20.8 Å². The van der Waals surface area contributed by atoms with E-state index < -0.39 is 0 Å². The molecule has 0 fully saturated rings. The van der Waals surface area contributed by atoms with E-state index in [0.717, 1.165) is 11.3 Å². The first-order valence-corrected chi connectivity index (χ1v) is 8.63. The van der Waals surface area contributed by atoms with Gasteiger partial charge in [-0.25, -0.2) is 0 Å². The van der Waals surface area contributed by atoms with Crippen molar-refractivity contribution in [1.29, 1.82) is 0 Å². The number of Topliss-reactive ketones (excluding diaryl/α,β-unsaturated/α-hetero) is 1. The van der Waals surface area contributed by atoms with Crippen LogP contribution in [0, 0.1) is 0 Å². The summed E-state index contributed by atoms with van der Waals surface area (Å²) in [6.07, 6.45) is 4.39. The lowest BCUT2D eigenvalue weighted by molar-refractivity contribution is 0.103. The van der Waals surface area contributed by atoms with Crippen LogP contribution in [0.3, 0.4) is 0 Å². The number of rotatable bonds is 4. The largest absolute Gasteiger partial charge is 0.503 e. The Morgan fingerprint density at radius 1 is 1.42 bits per heavy atom. The van der Waals surface area contributed by atoms with Crippen molar-refractivity contribution < 1.29 is 19.1 Å². The summed E-state index contributed by atoms with van der Waals surface area (Å²) in [5.41, 5.74) is 0.337. The number of nitrogens with zero attached hydrogens (tertiary/aromatic N) is 1. The van der Waals surface area contributed by atoms with Crippen LogP contribution in [0.5, 0.6) is 11.5 Å². The Bertz CT molecular complexity index is 1140. The van der Waals surface area contributed by atoms with E-state index in [2.05, 4.69) is 0 Å². The molecular formula is C18H14ClNO5S. The van der Waals surface area contributed by atoms with E-state index in [0.29, 0.717) is 14.8 Å². The van der Waals surface area contributed by atoms with E-state index in [1.54, 1.807) is 31.3 Å². The van der Waals surface area contributed by atoms with Crippen LogP contribution in [0.2, 0.25) is 5.02 Å². The highest BCUT2D eigenvalue weighted by molar-refractivity contribution is 7.07. The van der Waals surface area contributed by atoms with Crippen molar-refractivity contribution in [3.05, 3.63) is 66.4 Å². The van der Waals surface area contributed by atoms with Crippen molar-refractivity contribution in [3.63, 3.8) is 0 Å². The summed E-state index contributed by atoms with van der Waals surface area (Å²) in [7, 11) is 2.99. The molecule has 0 radical (unpaired) electrons. The minimum Gasteiger partial charge on any atom is -0.503 e. The first kappa shape index (κ1) is 18.0. The zero-order valence-corrected chi connectivity index (χ0v) is 15.4. The Kier molecular flexibility index (Phi) is 5.01. The molecule has 3 rings (SSSR count). The van der Waals surface area contributed by atoms with Gasteiger partial charge in [0.15, 0.2) is 17.3 Å². The number of halogens is 1. The molecule has 0 atom stereocenters. The highest BCUT2D eigenvalue weighted by Crippen LogP contribution is 2.34. The zero-order chi connectivity index (χ0) is 18.8. The lowest BCUT2D eigenvalue weighted by Crippen LogP contribution is -2.29. The third-order valence-corrected chi connectivity index (χ3v) is 5.05. The topological polar surface area (TPSA) is 81.7 Å². The molecule has 2 aromatic heterocycles. The van der Waals surface area contributed by atoms with Gasteiger partial charge in [-0.2, -0.15) is 0 Å². The minimum absolute atomic E-state index is 0.115. The monoisotopic (exact) mass is 391 g/mol. The van der Waals surface area contributed by atoms with Gasteiger partial charge in [0.2, 0.25) is 5.78 Å². The maximum atomic E-state index is 12.4. The number of aromatic hydroxyl groups is 1. The summed E-state index contributed by atoms with van der Waals surface area (Å²) in [4.78, 5) is 24.6. The molecule has 0 aliphatic rings. The minimum atomic E-state index is -0.326. The molecule has 0 aliphatic carbocycles. The SMILES string of the molecule is COc1cc(/C=c2\s/c(=C\C(=O)c3ccco3)n(C)c2=O)cc(Cl)c1O. The zero-order valence-electron chi connectivity index (χ0n) is 13.9.